The third-order valence-corrected chi connectivity index (χ3v) is 4.11. The van der Waals surface area contributed by atoms with E-state index in [0.717, 1.165) is 16.2 Å². The summed E-state index contributed by atoms with van der Waals surface area (Å²) in [4.78, 5) is 0.824. The van der Waals surface area contributed by atoms with Gasteiger partial charge in [0.15, 0.2) is 0 Å². The molecule has 14 heavy (non-hydrogen) atoms. The Bertz CT molecular complexity index is 340. The second kappa shape index (κ2) is 3.91. The Hall–Kier alpha value is -0.540. The minimum atomic E-state index is -0.0837. The fourth-order valence-electron chi connectivity index (χ4n) is 1.98. The molecule has 1 aliphatic rings. The van der Waals surface area contributed by atoms with Crippen LogP contribution in [-0.4, -0.2) is 12.8 Å². The molecule has 1 aromatic rings. The van der Waals surface area contributed by atoms with E-state index in [1.807, 2.05) is 13.1 Å². The van der Waals surface area contributed by atoms with Crippen LogP contribution in [0.3, 0.4) is 0 Å². The maximum atomic E-state index is 13.5. The number of thioether (sulfide) groups is 1. The van der Waals surface area contributed by atoms with E-state index in [0.29, 0.717) is 12.0 Å². The van der Waals surface area contributed by atoms with Crippen molar-refractivity contribution in [1.82, 2.24) is 5.32 Å². The number of hydrogen-bond acceptors (Lipinski definition) is 2. The van der Waals surface area contributed by atoms with Gasteiger partial charge in [0, 0.05) is 16.7 Å². The van der Waals surface area contributed by atoms with Crippen LogP contribution in [0.5, 0.6) is 0 Å². The lowest BCUT2D eigenvalue weighted by molar-refractivity contribution is 0.430. The normalized spacial score (nSPS) is 25.9. The summed E-state index contributed by atoms with van der Waals surface area (Å²) in [5, 5.41) is 3.26. The highest BCUT2D eigenvalue weighted by atomic mass is 32.2. The molecule has 0 saturated carbocycles. The average molecular weight is 211 g/mol. The summed E-state index contributed by atoms with van der Waals surface area (Å²) in [5.74, 6) is 1.46. The van der Waals surface area contributed by atoms with Crippen LogP contribution in [0.15, 0.2) is 23.1 Å². The molecule has 3 heteroatoms. The molecule has 2 rings (SSSR count). The van der Waals surface area contributed by atoms with E-state index in [4.69, 9.17) is 0 Å². The molecule has 1 N–H and O–H groups in total. The van der Waals surface area contributed by atoms with E-state index in [-0.39, 0.29) is 5.82 Å². The highest BCUT2D eigenvalue weighted by Gasteiger charge is 2.27. The fourth-order valence-corrected chi connectivity index (χ4v) is 3.17. The zero-order chi connectivity index (χ0) is 10.1. The Labute approximate surface area is 88.1 Å². The smallest absolute Gasteiger partial charge is 0.137 e. The molecule has 0 amide bonds. The minimum absolute atomic E-state index is 0.0837. The van der Waals surface area contributed by atoms with Gasteiger partial charge in [-0.15, -0.1) is 11.8 Å². The van der Waals surface area contributed by atoms with Gasteiger partial charge in [-0.25, -0.2) is 4.39 Å². The predicted octanol–water partition coefficient (Wildman–Crippen LogP) is 2.83. The molecular weight excluding hydrogens is 197 g/mol. The maximum absolute atomic E-state index is 13.5. The first-order valence-electron chi connectivity index (χ1n) is 4.82. The molecule has 1 aliphatic heterocycles. The van der Waals surface area contributed by atoms with E-state index < -0.39 is 0 Å². The van der Waals surface area contributed by atoms with Crippen molar-refractivity contribution < 1.29 is 4.39 Å². The largest absolute Gasteiger partial charge is 0.313 e. The van der Waals surface area contributed by atoms with Gasteiger partial charge in [-0.2, -0.15) is 0 Å². The second-order valence-electron chi connectivity index (χ2n) is 3.71. The zero-order valence-corrected chi connectivity index (χ0v) is 9.20. The Morgan fingerprint density at radius 3 is 3.00 bits per heavy atom. The topological polar surface area (TPSA) is 12.0 Å². The number of benzene rings is 1. The molecule has 76 valence electrons. The summed E-state index contributed by atoms with van der Waals surface area (Å²) < 4.78 is 13.5. The monoisotopic (exact) mass is 211 g/mol. The van der Waals surface area contributed by atoms with E-state index in [9.17, 15) is 4.39 Å². The first-order chi connectivity index (χ1) is 6.74. The summed E-state index contributed by atoms with van der Waals surface area (Å²) in [6.45, 7) is 2.20. The van der Waals surface area contributed by atoms with Gasteiger partial charge in [-0.05, 0) is 24.6 Å². The summed E-state index contributed by atoms with van der Waals surface area (Å²) in [6, 6.07) is 5.63. The number of rotatable bonds is 1. The zero-order valence-electron chi connectivity index (χ0n) is 8.38. The van der Waals surface area contributed by atoms with Gasteiger partial charge in [0.05, 0.1) is 0 Å². The Balaban J connectivity index is 2.46. The van der Waals surface area contributed by atoms with Gasteiger partial charge in [-0.1, -0.05) is 19.1 Å². The third kappa shape index (κ3) is 1.55. The first kappa shape index (κ1) is 9.99. The number of nitrogens with one attached hydrogen (secondary N) is 1. The molecule has 0 spiro atoms. The lowest BCUT2D eigenvalue weighted by Crippen LogP contribution is -2.28. The summed E-state index contributed by atoms with van der Waals surface area (Å²) >= 11 is 1.63. The average Bonchev–Trinajstić information content (AvgIpc) is 2.18. The van der Waals surface area contributed by atoms with Crippen LogP contribution in [0, 0.1) is 11.7 Å². The predicted molar refractivity (Wildman–Crippen MR) is 58.1 cm³/mol. The van der Waals surface area contributed by atoms with Crippen molar-refractivity contribution in [2.45, 2.75) is 17.9 Å². The summed E-state index contributed by atoms with van der Waals surface area (Å²) in [5.41, 5.74) is 1.11. The van der Waals surface area contributed by atoms with Crippen LogP contribution >= 0.6 is 11.8 Å². The van der Waals surface area contributed by atoms with Crippen molar-refractivity contribution in [1.29, 1.82) is 0 Å². The Kier molecular flexibility index (Phi) is 2.79. The molecule has 1 nitrogen and oxygen atoms in total. The minimum Gasteiger partial charge on any atom is -0.313 e. The van der Waals surface area contributed by atoms with E-state index in [2.05, 4.69) is 12.2 Å². The van der Waals surface area contributed by atoms with Gasteiger partial charge in [0.25, 0.3) is 0 Å². The van der Waals surface area contributed by atoms with Gasteiger partial charge in [0.1, 0.15) is 5.82 Å². The molecule has 2 atom stereocenters. The molecule has 0 fully saturated rings. The van der Waals surface area contributed by atoms with Gasteiger partial charge in [0.2, 0.25) is 0 Å². The van der Waals surface area contributed by atoms with Crippen LogP contribution in [0.4, 0.5) is 4.39 Å². The Morgan fingerprint density at radius 1 is 1.50 bits per heavy atom. The van der Waals surface area contributed by atoms with Crippen molar-refractivity contribution in [2.24, 2.45) is 5.92 Å². The third-order valence-electron chi connectivity index (χ3n) is 2.70. The van der Waals surface area contributed by atoms with Crippen LogP contribution in [0.2, 0.25) is 0 Å². The molecule has 0 aliphatic carbocycles. The van der Waals surface area contributed by atoms with Gasteiger partial charge < -0.3 is 5.32 Å². The van der Waals surface area contributed by atoms with E-state index in [1.54, 1.807) is 17.8 Å². The van der Waals surface area contributed by atoms with Gasteiger partial charge in [-0.3, -0.25) is 0 Å². The molecule has 1 aromatic carbocycles. The fraction of sp³-hybridized carbons (Fsp3) is 0.455. The maximum Gasteiger partial charge on any atom is 0.137 e. The van der Waals surface area contributed by atoms with Crippen LogP contribution in [0.1, 0.15) is 18.5 Å². The SMILES string of the molecule is CNC1c2cccc(F)c2SCC1C. The summed E-state index contributed by atoms with van der Waals surface area (Å²) in [7, 11) is 1.94. The number of halogens is 1. The Morgan fingerprint density at radius 2 is 2.29 bits per heavy atom. The molecule has 0 bridgehead atoms. The first-order valence-corrected chi connectivity index (χ1v) is 5.81. The quantitative estimate of drug-likeness (QED) is 0.766. The lowest BCUT2D eigenvalue weighted by Gasteiger charge is -2.30. The van der Waals surface area contributed by atoms with Crippen molar-refractivity contribution in [3.63, 3.8) is 0 Å². The van der Waals surface area contributed by atoms with E-state index in [1.165, 1.54) is 6.07 Å². The number of fused-ring (bicyclic) bond motifs is 1. The standard InChI is InChI=1S/C11H14FNS/c1-7-6-14-11-8(10(7)13-2)4-3-5-9(11)12/h3-5,7,10,13H,6H2,1-2H3. The molecule has 2 unspecified atom stereocenters. The summed E-state index contributed by atoms with van der Waals surface area (Å²) in [6.07, 6.45) is 0. The van der Waals surface area contributed by atoms with Crippen molar-refractivity contribution in [3.8, 4) is 0 Å². The number of hydrogen-bond donors (Lipinski definition) is 1. The van der Waals surface area contributed by atoms with Crippen LogP contribution in [0.25, 0.3) is 0 Å². The molecule has 0 saturated heterocycles. The molecule has 0 aromatic heterocycles. The lowest BCUT2D eigenvalue weighted by atomic mass is 9.95. The van der Waals surface area contributed by atoms with Gasteiger partial charge >= 0.3 is 0 Å². The highest BCUT2D eigenvalue weighted by Crippen LogP contribution is 2.40. The van der Waals surface area contributed by atoms with Crippen LogP contribution in [-0.2, 0) is 0 Å². The van der Waals surface area contributed by atoms with Crippen molar-refractivity contribution >= 4 is 11.8 Å². The van der Waals surface area contributed by atoms with Crippen molar-refractivity contribution in [2.75, 3.05) is 12.8 Å². The second-order valence-corrected chi connectivity index (χ2v) is 4.74. The van der Waals surface area contributed by atoms with Crippen molar-refractivity contribution in [3.05, 3.63) is 29.6 Å². The van der Waals surface area contributed by atoms with E-state index >= 15 is 0 Å². The highest BCUT2D eigenvalue weighted by molar-refractivity contribution is 7.99. The molecular formula is C11H14FNS. The van der Waals surface area contributed by atoms with Crippen LogP contribution < -0.4 is 5.32 Å². The molecule has 1 heterocycles. The molecule has 0 radical (unpaired) electrons.